The molecule has 4 N–H and O–H groups in total. The SMILES string of the molecule is C[C@@H](C(=O)NCc1ccccc1)[C@@H](O)[C@H](O)[C@H](Cc1ccccc1)NC(=O)c1ccc(S(=O)(=O)N2CCCC2)cc1. The first-order valence-corrected chi connectivity index (χ1v) is 15.2. The van der Waals surface area contributed by atoms with Crippen LogP contribution in [0.15, 0.2) is 89.8 Å². The summed E-state index contributed by atoms with van der Waals surface area (Å²) in [6.45, 7) is 2.76. The molecule has 1 saturated heterocycles. The minimum Gasteiger partial charge on any atom is -0.390 e. The number of rotatable bonds is 12. The molecule has 1 fully saturated rings. The molecule has 9 nitrogen and oxygen atoms in total. The van der Waals surface area contributed by atoms with Gasteiger partial charge >= 0.3 is 0 Å². The van der Waals surface area contributed by atoms with Gasteiger partial charge in [0.2, 0.25) is 15.9 Å². The van der Waals surface area contributed by atoms with Gasteiger partial charge in [-0.3, -0.25) is 9.59 Å². The minimum atomic E-state index is -3.62. The average Bonchev–Trinajstić information content (AvgIpc) is 3.56. The molecule has 4 rings (SSSR count). The lowest BCUT2D eigenvalue weighted by Gasteiger charge is -2.30. The summed E-state index contributed by atoms with van der Waals surface area (Å²) in [6, 6.07) is 23.3. The smallest absolute Gasteiger partial charge is 0.251 e. The molecule has 0 bridgehead atoms. The quantitative estimate of drug-likeness (QED) is 0.260. The number of aliphatic hydroxyl groups is 2. The summed E-state index contributed by atoms with van der Waals surface area (Å²) in [5.41, 5.74) is 1.92. The van der Waals surface area contributed by atoms with Crippen molar-refractivity contribution in [3.63, 3.8) is 0 Å². The second-order valence-corrected chi connectivity index (χ2v) is 12.3. The number of hydrogen-bond donors (Lipinski definition) is 4. The molecule has 218 valence electrons. The van der Waals surface area contributed by atoms with E-state index < -0.39 is 46.0 Å². The summed E-state index contributed by atoms with van der Waals surface area (Å²) < 4.78 is 27.1. The van der Waals surface area contributed by atoms with Crippen molar-refractivity contribution < 1.29 is 28.2 Å². The maximum atomic E-state index is 13.2. The predicted molar refractivity (Wildman–Crippen MR) is 155 cm³/mol. The second-order valence-electron chi connectivity index (χ2n) is 10.4. The van der Waals surface area contributed by atoms with Crippen LogP contribution in [0.25, 0.3) is 0 Å². The van der Waals surface area contributed by atoms with Gasteiger partial charge in [-0.15, -0.1) is 0 Å². The fraction of sp³-hybridized carbons (Fsp3) is 0.355. The average molecular weight is 580 g/mol. The molecule has 2 amide bonds. The Kier molecular flexibility index (Phi) is 10.3. The van der Waals surface area contributed by atoms with Gasteiger partial charge in [-0.05, 0) is 54.7 Å². The number of aliphatic hydroxyl groups excluding tert-OH is 2. The van der Waals surface area contributed by atoms with E-state index in [1.54, 1.807) is 0 Å². The van der Waals surface area contributed by atoms with Crippen molar-refractivity contribution in [2.45, 2.75) is 55.9 Å². The molecule has 0 aromatic heterocycles. The standard InChI is InChI=1S/C31H37N3O6S/c1-22(30(37)32-21-24-12-6-3-7-13-24)28(35)29(36)27(20-23-10-4-2-5-11-23)33-31(38)25-14-16-26(17-15-25)41(39,40)34-18-8-9-19-34/h2-7,10-17,22,27-29,35-36H,8-9,18-21H2,1H3,(H,32,37)(H,33,38)/t22-,27+,28-,29-/m1/s1. The van der Waals surface area contributed by atoms with Crippen molar-refractivity contribution >= 4 is 21.8 Å². The summed E-state index contributed by atoms with van der Waals surface area (Å²) >= 11 is 0. The van der Waals surface area contributed by atoms with E-state index in [2.05, 4.69) is 10.6 Å². The minimum absolute atomic E-state index is 0.114. The van der Waals surface area contributed by atoms with Crippen LogP contribution in [0.5, 0.6) is 0 Å². The lowest BCUT2D eigenvalue weighted by Crippen LogP contribution is -2.53. The third-order valence-corrected chi connectivity index (χ3v) is 9.34. The third kappa shape index (κ3) is 7.80. The number of nitrogens with one attached hydrogen (secondary N) is 2. The summed E-state index contributed by atoms with van der Waals surface area (Å²) in [5.74, 6) is -1.93. The molecule has 0 radical (unpaired) electrons. The van der Waals surface area contributed by atoms with Gasteiger partial charge in [0.1, 0.15) is 6.10 Å². The van der Waals surface area contributed by atoms with Gasteiger partial charge < -0.3 is 20.8 Å². The molecule has 10 heteroatoms. The van der Waals surface area contributed by atoms with Gasteiger partial charge in [0.15, 0.2) is 0 Å². The normalized spacial score (nSPS) is 16.9. The van der Waals surface area contributed by atoms with Crippen LogP contribution in [0.4, 0.5) is 0 Å². The van der Waals surface area contributed by atoms with Crippen molar-refractivity contribution in [3.8, 4) is 0 Å². The maximum absolute atomic E-state index is 13.2. The Bertz CT molecular complexity index is 1390. The number of sulfonamides is 1. The summed E-state index contributed by atoms with van der Waals surface area (Å²) in [5, 5.41) is 27.7. The second kappa shape index (κ2) is 13.9. The zero-order chi connectivity index (χ0) is 29.4. The molecule has 4 atom stereocenters. The number of benzene rings is 3. The topological polar surface area (TPSA) is 136 Å². The van der Waals surface area contributed by atoms with E-state index in [4.69, 9.17) is 0 Å². The molecule has 0 aliphatic carbocycles. The summed E-state index contributed by atoms with van der Waals surface area (Å²) in [7, 11) is -3.62. The van der Waals surface area contributed by atoms with Crippen LogP contribution in [0.2, 0.25) is 0 Å². The van der Waals surface area contributed by atoms with Gasteiger partial charge in [0.05, 0.1) is 23.0 Å². The van der Waals surface area contributed by atoms with E-state index in [0.717, 1.165) is 24.0 Å². The number of amides is 2. The molecular formula is C31H37N3O6S. The molecule has 1 aliphatic heterocycles. The first-order valence-electron chi connectivity index (χ1n) is 13.8. The van der Waals surface area contributed by atoms with Crippen LogP contribution in [-0.4, -0.2) is 66.1 Å². The van der Waals surface area contributed by atoms with Gasteiger partial charge in [0.25, 0.3) is 5.91 Å². The largest absolute Gasteiger partial charge is 0.390 e. The highest BCUT2D eigenvalue weighted by Gasteiger charge is 2.35. The first-order chi connectivity index (χ1) is 19.7. The van der Waals surface area contributed by atoms with E-state index >= 15 is 0 Å². The van der Waals surface area contributed by atoms with Gasteiger partial charge in [-0.2, -0.15) is 4.31 Å². The maximum Gasteiger partial charge on any atom is 0.251 e. The molecule has 3 aromatic rings. The van der Waals surface area contributed by atoms with Crippen LogP contribution in [0, 0.1) is 5.92 Å². The van der Waals surface area contributed by atoms with Gasteiger partial charge in [-0.1, -0.05) is 67.6 Å². The Labute approximate surface area is 241 Å². The molecule has 1 heterocycles. The number of hydrogen-bond acceptors (Lipinski definition) is 6. The molecule has 0 unspecified atom stereocenters. The Morgan fingerprint density at radius 2 is 1.39 bits per heavy atom. The van der Waals surface area contributed by atoms with Crippen LogP contribution in [0.3, 0.4) is 0 Å². The zero-order valence-corrected chi connectivity index (χ0v) is 23.8. The van der Waals surface area contributed by atoms with Crippen molar-refractivity contribution in [3.05, 3.63) is 102 Å². The summed E-state index contributed by atoms with van der Waals surface area (Å²) in [6.07, 6.45) is -1.09. The van der Waals surface area contributed by atoms with Crippen LogP contribution >= 0.6 is 0 Å². The highest BCUT2D eigenvalue weighted by Crippen LogP contribution is 2.22. The highest BCUT2D eigenvalue weighted by atomic mass is 32.2. The third-order valence-electron chi connectivity index (χ3n) is 7.43. The van der Waals surface area contributed by atoms with E-state index in [1.165, 1.54) is 35.5 Å². The molecule has 0 spiro atoms. The molecular weight excluding hydrogens is 542 g/mol. The predicted octanol–water partition coefficient (Wildman–Crippen LogP) is 2.49. The number of carbonyl (C=O) groups is 2. The van der Waals surface area contributed by atoms with Crippen molar-refractivity contribution in [1.82, 2.24) is 14.9 Å². The number of nitrogens with zero attached hydrogens (tertiary/aromatic N) is 1. The van der Waals surface area contributed by atoms with Gasteiger partial charge in [-0.25, -0.2) is 8.42 Å². The molecule has 0 saturated carbocycles. The van der Waals surface area contributed by atoms with Crippen LogP contribution in [-0.2, 0) is 27.8 Å². The molecule has 41 heavy (non-hydrogen) atoms. The Morgan fingerprint density at radius 1 is 0.829 bits per heavy atom. The monoisotopic (exact) mass is 579 g/mol. The molecule has 3 aromatic carbocycles. The van der Waals surface area contributed by atoms with Gasteiger partial charge in [0, 0.05) is 25.2 Å². The van der Waals surface area contributed by atoms with Crippen LogP contribution in [0.1, 0.15) is 41.3 Å². The Morgan fingerprint density at radius 3 is 1.98 bits per heavy atom. The Balaban J connectivity index is 1.45. The van der Waals surface area contributed by atoms with Crippen LogP contribution < -0.4 is 10.6 Å². The lowest BCUT2D eigenvalue weighted by molar-refractivity contribution is -0.131. The zero-order valence-electron chi connectivity index (χ0n) is 23.0. The van der Waals surface area contributed by atoms with Crippen molar-refractivity contribution in [2.75, 3.05) is 13.1 Å². The first kappa shape index (κ1) is 30.4. The van der Waals surface area contributed by atoms with E-state index in [9.17, 15) is 28.2 Å². The van der Waals surface area contributed by atoms with E-state index in [0.29, 0.717) is 13.1 Å². The molecule has 1 aliphatic rings. The van der Waals surface area contributed by atoms with Crippen molar-refractivity contribution in [1.29, 1.82) is 0 Å². The summed E-state index contributed by atoms with van der Waals surface area (Å²) in [4.78, 5) is 26.1. The Hall–Kier alpha value is -3.57. The highest BCUT2D eigenvalue weighted by molar-refractivity contribution is 7.89. The van der Waals surface area contributed by atoms with Crippen molar-refractivity contribution in [2.24, 2.45) is 5.92 Å². The fourth-order valence-corrected chi connectivity index (χ4v) is 6.38. The number of carbonyl (C=O) groups excluding carboxylic acids is 2. The lowest BCUT2D eigenvalue weighted by atomic mass is 9.90. The van der Waals surface area contributed by atoms with E-state index in [1.807, 2.05) is 60.7 Å². The van der Waals surface area contributed by atoms with E-state index in [-0.39, 0.29) is 23.4 Å². The fourth-order valence-electron chi connectivity index (χ4n) is 4.87.